The first kappa shape index (κ1) is 9.95. The van der Waals surface area contributed by atoms with E-state index in [2.05, 4.69) is 26.0 Å². The van der Waals surface area contributed by atoms with E-state index in [0.29, 0.717) is 6.61 Å². The first-order valence-corrected chi connectivity index (χ1v) is 4.97. The van der Waals surface area contributed by atoms with Crippen molar-refractivity contribution >= 4 is 5.57 Å². The van der Waals surface area contributed by atoms with Crippen molar-refractivity contribution in [3.8, 4) is 6.07 Å². The summed E-state index contributed by atoms with van der Waals surface area (Å²) < 4.78 is 5.74. The van der Waals surface area contributed by atoms with Crippen LogP contribution in [0.15, 0.2) is 30.3 Å². The zero-order chi connectivity index (χ0) is 10.9. The summed E-state index contributed by atoms with van der Waals surface area (Å²) in [6, 6.07) is 10.2. The number of benzene rings is 1. The molecule has 0 amide bonds. The highest BCUT2D eigenvalue weighted by atomic mass is 16.5. The lowest BCUT2D eigenvalue weighted by atomic mass is 9.87. The van der Waals surface area contributed by atoms with E-state index >= 15 is 0 Å². The highest BCUT2D eigenvalue weighted by molar-refractivity contribution is 5.72. The van der Waals surface area contributed by atoms with Gasteiger partial charge in [0.25, 0.3) is 0 Å². The summed E-state index contributed by atoms with van der Waals surface area (Å²) in [5.41, 5.74) is 2.99. The number of allylic oxidation sites excluding steroid dienone is 1. The fourth-order valence-corrected chi connectivity index (χ4v) is 1.90. The van der Waals surface area contributed by atoms with Crippen LogP contribution in [-0.4, -0.2) is 6.61 Å². The molecule has 2 heteroatoms. The van der Waals surface area contributed by atoms with Gasteiger partial charge in [0.1, 0.15) is 0 Å². The molecule has 1 heterocycles. The maximum absolute atomic E-state index is 8.69. The molecular formula is C13H13NO. The van der Waals surface area contributed by atoms with Crippen LogP contribution in [0.2, 0.25) is 0 Å². The Balaban J connectivity index is 2.60. The van der Waals surface area contributed by atoms with Crippen LogP contribution in [-0.2, 0) is 10.3 Å². The summed E-state index contributed by atoms with van der Waals surface area (Å²) in [4.78, 5) is 0. The highest BCUT2D eigenvalue weighted by Crippen LogP contribution is 2.36. The smallest absolute Gasteiger partial charge is 0.0916 e. The average molecular weight is 199 g/mol. The standard InChI is InChI=1S/C13H13NO/c1-13(2)12-6-4-3-5-11(12)10(7-8-14)9-15-13/h3-7H,9H2,1-2H3. The van der Waals surface area contributed by atoms with Crippen molar-refractivity contribution in [3.63, 3.8) is 0 Å². The second-order valence-electron chi connectivity index (χ2n) is 4.14. The van der Waals surface area contributed by atoms with Crippen LogP contribution in [0.5, 0.6) is 0 Å². The van der Waals surface area contributed by atoms with Gasteiger partial charge in [-0.05, 0) is 30.5 Å². The van der Waals surface area contributed by atoms with Crippen LogP contribution in [0.1, 0.15) is 25.0 Å². The van der Waals surface area contributed by atoms with E-state index < -0.39 is 0 Å². The molecule has 0 saturated heterocycles. The summed E-state index contributed by atoms with van der Waals surface area (Å²) in [6.07, 6.45) is 1.56. The Labute approximate surface area is 89.8 Å². The quantitative estimate of drug-likeness (QED) is 0.602. The van der Waals surface area contributed by atoms with Gasteiger partial charge in [0.05, 0.1) is 18.3 Å². The summed E-state index contributed by atoms with van der Waals surface area (Å²) in [6.45, 7) is 4.61. The van der Waals surface area contributed by atoms with Gasteiger partial charge in [-0.25, -0.2) is 0 Å². The monoisotopic (exact) mass is 199 g/mol. The normalized spacial score (nSPS) is 20.7. The van der Waals surface area contributed by atoms with Gasteiger partial charge in [0.15, 0.2) is 0 Å². The van der Waals surface area contributed by atoms with Gasteiger partial charge in [0.2, 0.25) is 0 Å². The molecule has 0 spiro atoms. The van der Waals surface area contributed by atoms with Crippen LogP contribution in [0, 0.1) is 11.3 Å². The predicted octanol–water partition coefficient (Wildman–Crippen LogP) is 2.86. The summed E-state index contributed by atoms with van der Waals surface area (Å²) in [5, 5.41) is 8.69. The van der Waals surface area contributed by atoms with Crippen molar-refractivity contribution in [1.29, 1.82) is 5.26 Å². The minimum absolute atomic E-state index is 0.261. The van der Waals surface area contributed by atoms with Crippen LogP contribution in [0.4, 0.5) is 0 Å². The molecule has 2 rings (SSSR count). The Morgan fingerprint density at radius 2 is 2.13 bits per heavy atom. The van der Waals surface area contributed by atoms with Crippen molar-refractivity contribution in [1.82, 2.24) is 0 Å². The van der Waals surface area contributed by atoms with Gasteiger partial charge in [-0.15, -0.1) is 0 Å². The summed E-state index contributed by atoms with van der Waals surface area (Å²) in [5.74, 6) is 0. The average Bonchev–Trinajstić information content (AvgIpc) is 2.23. The third-order valence-corrected chi connectivity index (χ3v) is 2.75. The summed E-state index contributed by atoms with van der Waals surface area (Å²) >= 11 is 0. The molecule has 0 unspecified atom stereocenters. The number of nitriles is 1. The number of hydrogen-bond acceptors (Lipinski definition) is 2. The van der Waals surface area contributed by atoms with Gasteiger partial charge >= 0.3 is 0 Å². The molecule has 0 saturated carbocycles. The van der Waals surface area contributed by atoms with Gasteiger partial charge in [-0.1, -0.05) is 24.3 Å². The van der Waals surface area contributed by atoms with E-state index in [1.165, 1.54) is 0 Å². The van der Waals surface area contributed by atoms with E-state index in [9.17, 15) is 0 Å². The zero-order valence-corrected chi connectivity index (χ0v) is 8.95. The van der Waals surface area contributed by atoms with Crippen LogP contribution in [0.3, 0.4) is 0 Å². The van der Waals surface area contributed by atoms with Crippen LogP contribution >= 0.6 is 0 Å². The molecule has 1 aromatic rings. The van der Waals surface area contributed by atoms with Crippen molar-refractivity contribution in [2.24, 2.45) is 0 Å². The zero-order valence-electron chi connectivity index (χ0n) is 8.95. The largest absolute Gasteiger partial charge is 0.366 e. The molecule has 2 nitrogen and oxygen atoms in total. The molecule has 1 aliphatic rings. The topological polar surface area (TPSA) is 33.0 Å². The molecule has 0 aliphatic carbocycles. The number of fused-ring (bicyclic) bond motifs is 1. The lowest BCUT2D eigenvalue weighted by Gasteiger charge is -2.33. The van der Waals surface area contributed by atoms with Gasteiger partial charge in [0, 0.05) is 6.08 Å². The van der Waals surface area contributed by atoms with Crippen molar-refractivity contribution in [2.75, 3.05) is 6.61 Å². The fraction of sp³-hybridized carbons (Fsp3) is 0.308. The molecule has 1 aromatic carbocycles. The van der Waals surface area contributed by atoms with E-state index in [4.69, 9.17) is 10.00 Å². The lowest BCUT2D eigenvalue weighted by molar-refractivity contribution is -0.00787. The van der Waals surface area contributed by atoms with Crippen molar-refractivity contribution in [2.45, 2.75) is 19.4 Å². The van der Waals surface area contributed by atoms with Crippen molar-refractivity contribution < 1.29 is 4.74 Å². The SMILES string of the molecule is CC1(C)OCC(=CC#N)c2ccccc21. The highest BCUT2D eigenvalue weighted by Gasteiger charge is 2.29. The first-order valence-electron chi connectivity index (χ1n) is 4.97. The Hall–Kier alpha value is -1.59. The molecule has 0 radical (unpaired) electrons. The molecule has 15 heavy (non-hydrogen) atoms. The molecular weight excluding hydrogens is 186 g/mol. The molecule has 76 valence electrons. The van der Waals surface area contributed by atoms with E-state index in [1.54, 1.807) is 6.08 Å². The second-order valence-corrected chi connectivity index (χ2v) is 4.14. The predicted molar refractivity (Wildman–Crippen MR) is 59.0 cm³/mol. The molecule has 1 aliphatic heterocycles. The maximum atomic E-state index is 8.69. The van der Waals surface area contributed by atoms with Crippen LogP contribution in [0.25, 0.3) is 5.57 Å². The van der Waals surface area contributed by atoms with Gasteiger partial charge in [-0.2, -0.15) is 5.26 Å². The van der Waals surface area contributed by atoms with E-state index in [0.717, 1.165) is 16.7 Å². The number of nitrogens with zero attached hydrogens (tertiary/aromatic N) is 1. The molecule has 0 fully saturated rings. The van der Waals surface area contributed by atoms with Gasteiger partial charge in [-0.3, -0.25) is 0 Å². The molecule has 0 N–H and O–H groups in total. The molecule has 0 bridgehead atoms. The fourth-order valence-electron chi connectivity index (χ4n) is 1.90. The molecule has 0 aromatic heterocycles. The van der Waals surface area contributed by atoms with E-state index in [-0.39, 0.29) is 5.60 Å². The minimum Gasteiger partial charge on any atom is -0.366 e. The molecule has 0 atom stereocenters. The third kappa shape index (κ3) is 1.67. The Kier molecular flexibility index (Phi) is 2.34. The Bertz CT molecular complexity index is 452. The maximum Gasteiger partial charge on any atom is 0.0916 e. The number of hydrogen-bond donors (Lipinski definition) is 0. The van der Waals surface area contributed by atoms with Crippen LogP contribution < -0.4 is 0 Å². The van der Waals surface area contributed by atoms with Crippen molar-refractivity contribution in [3.05, 3.63) is 41.5 Å². The second kappa shape index (κ2) is 3.52. The Morgan fingerprint density at radius 1 is 1.40 bits per heavy atom. The Morgan fingerprint density at radius 3 is 2.87 bits per heavy atom. The summed E-state index contributed by atoms with van der Waals surface area (Å²) in [7, 11) is 0. The number of ether oxygens (including phenoxy) is 1. The van der Waals surface area contributed by atoms with E-state index in [1.807, 2.05) is 18.2 Å². The van der Waals surface area contributed by atoms with Gasteiger partial charge < -0.3 is 4.74 Å². The lowest BCUT2D eigenvalue weighted by Crippen LogP contribution is -2.28. The first-order chi connectivity index (χ1) is 7.15. The third-order valence-electron chi connectivity index (χ3n) is 2.75. The minimum atomic E-state index is -0.261. The number of rotatable bonds is 0.